The smallest absolute Gasteiger partial charge is 0.435 e. The van der Waals surface area contributed by atoms with Crippen molar-refractivity contribution in [3.05, 3.63) is 33.9 Å². The minimum absolute atomic E-state index is 0.0515. The summed E-state index contributed by atoms with van der Waals surface area (Å²) in [5.41, 5.74) is 0.247. The number of amides is 1. The van der Waals surface area contributed by atoms with E-state index in [1.54, 1.807) is 13.8 Å². The Balaban J connectivity index is 2.50. The van der Waals surface area contributed by atoms with E-state index in [9.17, 15) is 18.0 Å². The van der Waals surface area contributed by atoms with Crippen molar-refractivity contribution in [2.75, 3.05) is 12.9 Å². The zero-order valence-corrected chi connectivity index (χ0v) is 18.0. The molecule has 2 aromatic rings. The maximum atomic E-state index is 12.7. The normalized spacial score (nSPS) is 13.2. The Kier molecular flexibility index (Phi) is 6.80. The standard InChI is InChI=1S/C16H20ClN5O6S/c1-6-27-16(24)28-10(3)22-15(21(4)19-20-22)18-14(23)11-8-7-9(2)13(12(11)17)29(5,25)26/h7-8,10H,6H2,1-5H3/b18-15-. The molecule has 0 aliphatic rings. The van der Waals surface area contributed by atoms with Crippen molar-refractivity contribution in [1.82, 2.24) is 19.8 Å². The van der Waals surface area contributed by atoms with Gasteiger partial charge in [0.15, 0.2) is 9.84 Å². The molecule has 158 valence electrons. The first-order chi connectivity index (χ1) is 13.5. The average Bonchev–Trinajstić information content (AvgIpc) is 2.94. The second kappa shape index (κ2) is 8.74. The largest absolute Gasteiger partial charge is 0.510 e. The van der Waals surface area contributed by atoms with E-state index >= 15 is 0 Å². The summed E-state index contributed by atoms with van der Waals surface area (Å²) in [5.74, 6) is -0.817. The van der Waals surface area contributed by atoms with E-state index in [0.29, 0.717) is 5.56 Å². The lowest BCUT2D eigenvalue weighted by molar-refractivity contribution is -0.00108. The first-order valence-corrected chi connectivity index (χ1v) is 10.6. The van der Waals surface area contributed by atoms with Gasteiger partial charge in [-0.2, -0.15) is 9.67 Å². The van der Waals surface area contributed by atoms with E-state index in [4.69, 9.17) is 21.1 Å². The Hall–Kier alpha value is -2.73. The van der Waals surface area contributed by atoms with Gasteiger partial charge in [-0.15, -0.1) is 0 Å². The van der Waals surface area contributed by atoms with Crippen LogP contribution in [0.1, 0.15) is 36.0 Å². The van der Waals surface area contributed by atoms with Crippen LogP contribution in [0.25, 0.3) is 0 Å². The molecule has 11 nitrogen and oxygen atoms in total. The molecule has 13 heteroatoms. The number of benzene rings is 1. The zero-order chi connectivity index (χ0) is 21.9. The summed E-state index contributed by atoms with van der Waals surface area (Å²) in [7, 11) is -2.19. The first kappa shape index (κ1) is 22.6. The van der Waals surface area contributed by atoms with Gasteiger partial charge in [0.05, 0.1) is 22.1 Å². The number of sulfone groups is 1. The lowest BCUT2D eigenvalue weighted by atomic mass is 10.1. The molecule has 2 rings (SSSR count). The van der Waals surface area contributed by atoms with Gasteiger partial charge in [-0.3, -0.25) is 4.79 Å². The van der Waals surface area contributed by atoms with E-state index in [1.807, 2.05) is 0 Å². The van der Waals surface area contributed by atoms with E-state index in [2.05, 4.69) is 15.4 Å². The molecule has 1 amide bonds. The molecule has 0 radical (unpaired) electrons. The molecule has 0 fully saturated rings. The zero-order valence-electron chi connectivity index (χ0n) is 16.4. The van der Waals surface area contributed by atoms with Gasteiger partial charge in [0, 0.05) is 13.3 Å². The van der Waals surface area contributed by atoms with Gasteiger partial charge in [-0.25, -0.2) is 17.9 Å². The first-order valence-electron chi connectivity index (χ1n) is 8.37. The third kappa shape index (κ3) is 5.01. The number of tetrazole rings is 1. The molecule has 29 heavy (non-hydrogen) atoms. The molecule has 0 N–H and O–H groups in total. The van der Waals surface area contributed by atoms with Crippen molar-refractivity contribution in [2.24, 2.45) is 12.0 Å². The molecule has 1 atom stereocenters. The number of hydrogen-bond donors (Lipinski definition) is 0. The van der Waals surface area contributed by atoms with Crippen molar-refractivity contribution in [1.29, 1.82) is 0 Å². The van der Waals surface area contributed by atoms with Crippen molar-refractivity contribution in [3.63, 3.8) is 0 Å². The van der Waals surface area contributed by atoms with E-state index in [1.165, 1.54) is 30.8 Å². The predicted octanol–water partition coefficient (Wildman–Crippen LogP) is 1.41. The fourth-order valence-corrected chi connectivity index (χ4v) is 4.26. The number of ether oxygens (including phenoxy) is 2. The Morgan fingerprint density at radius 2 is 1.97 bits per heavy atom. The second-order valence-electron chi connectivity index (χ2n) is 6.01. The Bertz CT molecular complexity index is 1120. The van der Waals surface area contributed by atoms with Crippen molar-refractivity contribution in [2.45, 2.75) is 31.9 Å². The van der Waals surface area contributed by atoms with Crippen LogP contribution < -0.4 is 5.62 Å². The van der Waals surface area contributed by atoms with Gasteiger partial charge in [-0.1, -0.05) is 17.7 Å². The quantitative estimate of drug-likeness (QED) is 0.630. The topological polar surface area (TPSA) is 135 Å². The Morgan fingerprint density at radius 1 is 1.31 bits per heavy atom. The van der Waals surface area contributed by atoms with Crippen molar-refractivity contribution in [3.8, 4) is 0 Å². The molecule has 0 spiro atoms. The minimum atomic E-state index is -3.66. The summed E-state index contributed by atoms with van der Waals surface area (Å²) in [6, 6.07) is 2.85. The lowest BCUT2D eigenvalue weighted by Gasteiger charge is -2.12. The molecule has 0 saturated heterocycles. The summed E-state index contributed by atoms with van der Waals surface area (Å²) in [4.78, 5) is 28.0. The molecular weight excluding hydrogens is 426 g/mol. The fourth-order valence-electron chi connectivity index (χ4n) is 2.46. The number of hydrogen-bond acceptors (Lipinski definition) is 8. The van der Waals surface area contributed by atoms with Gasteiger partial charge in [0.1, 0.15) is 0 Å². The molecule has 0 aliphatic carbocycles. The summed E-state index contributed by atoms with van der Waals surface area (Å²) in [6.45, 7) is 4.80. The van der Waals surface area contributed by atoms with Crippen LogP contribution in [0.4, 0.5) is 4.79 Å². The molecule has 1 heterocycles. The van der Waals surface area contributed by atoms with Gasteiger partial charge in [-0.05, 0) is 42.8 Å². The van der Waals surface area contributed by atoms with Crippen molar-refractivity contribution < 1.29 is 27.5 Å². The van der Waals surface area contributed by atoms with Gasteiger partial charge in [0.25, 0.3) is 11.5 Å². The van der Waals surface area contributed by atoms with Crippen LogP contribution in [0, 0.1) is 6.92 Å². The highest BCUT2D eigenvalue weighted by Gasteiger charge is 2.23. The molecule has 0 bridgehead atoms. The molecule has 1 aromatic heterocycles. The third-order valence-electron chi connectivity index (χ3n) is 3.73. The third-order valence-corrected chi connectivity index (χ3v) is 5.51. The van der Waals surface area contributed by atoms with E-state index in [-0.39, 0.29) is 27.7 Å². The second-order valence-corrected chi connectivity index (χ2v) is 8.34. The molecule has 1 unspecified atom stereocenters. The highest BCUT2D eigenvalue weighted by atomic mass is 35.5. The van der Waals surface area contributed by atoms with Crippen LogP contribution in [0.15, 0.2) is 22.0 Å². The van der Waals surface area contributed by atoms with E-state index in [0.717, 1.165) is 10.9 Å². The number of halogens is 1. The lowest BCUT2D eigenvalue weighted by Crippen LogP contribution is -2.31. The Morgan fingerprint density at radius 3 is 2.55 bits per heavy atom. The van der Waals surface area contributed by atoms with Crippen LogP contribution in [0.5, 0.6) is 0 Å². The monoisotopic (exact) mass is 445 g/mol. The van der Waals surface area contributed by atoms with E-state index < -0.39 is 28.1 Å². The molecule has 0 aliphatic heterocycles. The van der Waals surface area contributed by atoms with Crippen LogP contribution in [-0.2, 0) is 26.4 Å². The van der Waals surface area contributed by atoms with Crippen LogP contribution in [-0.4, -0.2) is 53.1 Å². The summed E-state index contributed by atoms with van der Waals surface area (Å²) < 4.78 is 36.0. The maximum Gasteiger partial charge on any atom is 0.510 e. The molecule has 1 aromatic carbocycles. The van der Waals surface area contributed by atoms with Crippen LogP contribution in [0.3, 0.4) is 0 Å². The summed E-state index contributed by atoms with van der Waals surface area (Å²) in [5, 5.41) is 7.32. The van der Waals surface area contributed by atoms with Gasteiger partial charge >= 0.3 is 6.16 Å². The number of rotatable bonds is 5. The van der Waals surface area contributed by atoms with Gasteiger partial charge < -0.3 is 9.47 Å². The van der Waals surface area contributed by atoms with Crippen LogP contribution in [0.2, 0.25) is 5.02 Å². The number of carbonyl (C=O) groups is 2. The van der Waals surface area contributed by atoms with Gasteiger partial charge in [0.2, 0.25) is 6.23 Å². The predicted molar refractivity (Wildman–Crippen MR) is 101 cm³/mol. The fraction of sp³-hybridized carbons (Fsp3) is 0.438. The number of nitrogens with zero attached hydrogens (tertiary/aromatic N) is 5. The molecular formula is C16H20ClN5O6S. The minimum Gasteiger partial charge on any atom is -0.435 e. The molecule has 0 saturated carbocycles. The maximum absolute atomic E-state index is 12.7. The highest BCUT2D eigenvalue weighted by Crippen LogP contribution is 2.29. The number of aryl methyl sites for hydroxylation is 2. The Labute approximate surface area is 171 Å². The highest BCUT2D eigenvalue weighted by molar-refractivity contribution is 7.90. The average molecular weight is 446 g/mol. The number of carbonyl (C=O) groups excluding carboxylic acids is 2. The summed E-state index contributed by atoms with van der Waals surface area (Å²) >= 11 is 6.19. The van der Waals surface area contributed by atoms with Crippen LogP contribution >= 0.6 is 11.6 Å². The SMILES string of the molecule is CCOC(=O)OC(C)n1nnn(C)/c1=N/C(=O)c1ccc(C)c(S(C)(=O)=O)c1Cl. The summed E-state index contributed by atoms with van der Waals surface area (Å²) in [6.07, 6.45) is -0.899. The number of aromatic nitrogens is 4. The van der Waals surface area contributed by atoms with Crippen molar-refractivity contribution >= 4 is 33.5 Å².